The number of nitrogens with zero attached hydrogens (tertiary/aromatic N) is 2. The molecule has 103 heavy (non-hydrogen) atoms. The fourth-order valence-electron chi connectivity index (χ4n) is 16.2. The first-order chi connectivity index (χ1) is 51.0. The number of hydrogen-bond acceptors (Lipinski definition) is 7. The van der Waals surface area contributed by atoms with E-state index in [0.717, 1.165) is 51.9 Å². The molecule has 0 radical (unpaired) electrons. The summed E-state index contributed by atoms with van der Waals surface area (Å²) >= 11 is 0. The van der Waals surface area contributed by atoms with Crippen molar-refractivity contribution in [3.05, 3.63) is 24.3 Å². The number of likely N-dealkylation sites (tertiary alicyclic amines) is 2. The number of rotatable bonds is 86. The highest BCUT2D eigenvalue weighted by Gasteiger charge is 2.37. The molecule has 3 N–H and O–H groups in total. The van der Waals surface area contributed by atoms with Gasteiger partial charge in [-0.15, -0.1) is 0 Å². The molecule has 2 saturated heterocycles. The molecule has 0 bridgehead atoms. The maximum atomic E-state index is 13.0. The molecule has 0 aromatic carbocycles. The average molecular weight is 1440 g/mol. The van der Waals surface area contributed by atoms with Crippen LogP contribution < -0.4 is 16.0 Å². The second kappa shape index (κ2) is 79.2. The van der Waals surface area contributed by atoms with Gasteiger partial charge in [-0.1, -0.05) is 475 Å². The Morgan fingerprint density at radius 1 is 0.233 bits per heavy atom. The van der Waals surface area contributed by atoms with E-state index in [2.05, 4.69) is 41.9 Å². The van der Waals surface area contributed by atoms with Crippen LogP contribution in [0.5, 0.6) is 0 Å². The minimum Gasteiger partial charge on any atom is -0.314 e. The van der Waals surface area contributed by atoms with Gasteiger partial charge in [0.15, 0.2) is 0 Å². The van der Waals surface area contributed by atoms with E-state index in [0.29, 0.717) is 39.0 Å². The summed E-state index contributed by atoms with van der Waals surface area (Å²) in [5.41, 5.74) is 0. The van der Waals surface area contributed by atoms with Gasteiger partial charge in [0.05, 0.1) is 11.8 Å². The monoisotopic (exact) mass is 1440 g/mol. The molecule has 9 heteroatoms. The maximum absolute atomic E-state index is 13.0. The van der Waals surface area contributed by atoms with Crippen molar-refractivity contribution >= 4 is 23.6 Å². The molecule has 2 rings (SSSR count). The fraction of sp³-hybridized carbons (Fsp3) is 0.915. The number of allylic oxidation sites excluding steroid dienone is 2. The van der Waals surface area contributed by atoms with E-state index in [1.54, 1.807) is 0 Å². The SMILES string of the molecule is CCCCCCCCCCCCCCCCCCCCCCCCCCCCCCCCCC/C=C/C1CC(=O)N(CCNCCNCCNCCN2C(=O)CC(/C=C/CCCCCCCCCCCCCCCCCCCCCCCCCCCCCCCCCCCCCCCC)C2=O)C1=O. The summed E-state index contributed by atoms with van der Waals surface area (Å²) < 4.78 is 0. The molecule has 0 saturated carbocycles. The standard InChI is InChI=1S/C94H179N5O4/c1-3-5-7-9-11-13-15-17-19-21-23-25-27-29-31-33-35-37-39-40-41-42-43-44-46-48-50-52-54-56-58-60-62-64-66-68-70-72-74-76-78-90-88-92(101)99(94(90)103)86-84-97-82-80-95-79-81-96-83-85-98-91(100)87-89(93(98)102)77-75-73-71-69-67-65-63-61-59-57-55-53-51-49-47-45-38-36-34-32-30-28-26-24-22-20-18-16-14-12-10-8-6-4-2/h75-78,89-90,95-97H,3-74,79-88H2,1-2H3/b77-75+,78-76+. The van der Waals surface area contributed by atoms with Crippen LogP contribution in [0.25, 0.3) is 0 Å². The zero-order valence-corrected chi connectivity index (χ0v) is 69.5. The van der Waals surface area contributed by atoms with Crippen LogP contribution in [-0.4, -0.2) is 85.8 Å². The number of carbonyl (C=O) groups is 4. The first kappa shape index (κ1) is 96.7. The quantitative estimate of drug-likeness (QED) is 0.0316. The summed E-state index contributed by atoms with van der Waals surface area (Å²) in [6.07, 6.45) is 111. The van der Waals surface area contributed by atoms with Crippen LogP contribution in [0.1, 0.15) is 489 Å². The van der Waals surface area contributed by atoms with Crippen molar-refractivity contribution in [2.45, 2.75) is 489 Å². The number of hydrogen-bond donors (Lipinski definition) is 3. The Hall–Kier alpha value is -2.36. The summed E-state index contributed by atoms with van der Waals surface area (Å²) in [6.45, 7) is 9.62. The van der Waals surface area contributed by atoms with Gasteiger partial charge in [0.2, 0.25) is 23.6 Å². The third-order valence-corrected chi connectivity index (χ3v) is 23.2. The van der Waals surface area contributed by atoms with Crippen molar-refractivity contribution in [1.82, 2.24) is 25.8 Å². The predicted octanol–water partition coefficient (Wildman–Crippen LogP) is 27.7. The van der Waals surface area contributed by atoms with Crippen LogP contribution in [0, 0.1) is 11.8 Å². The number of nitrogens with one attached hydrogen (secondary N) is 3. The van der Waals surface area contributed by atoms with Gasteiger partial charge in [0.25, 0.3) is 0 Å². The van der Waals surface area contributed by atoms with Gasteiger partial charge in [0.1, 0.15) is 0 Å². The Bertz CT molecular complexity index is 1870. The van der Waals surface area contributed by atoms with Crippen LogP contribution in [-0.2, 0) is 19.2 Å². The Morgan fingerprint density at radius 2 is 0.388 bits per heavy atom. The summed E-state index contributed by atoms with van der Waals surface area (Å²) in [4.78, 5) is 54.3. The first-order valence-corrected chi connectivity index (χ1v) is 47.1. The molecule has 4 amide bonds. The molecule has 2 unspecified atom stereocenters. The van der Waals surface area contributed by atoms with Gasteiger partial charge in [0, 0.05) is 65.2 Å². The Morgan fingerprint density at radius 3 is 0.563 bits per heavy atom. The van der Waals surface area contributed by atoms with Gasteiger partial charge >= 0.3 is 0 Å². The molecule has 9 nitrogen and oxygen atoms in total. The van der Waals surface area contributed by atoms with Gasteiger partial charge < -0.3 is 16.0 Å². The highest BCUT2D eigenvalue weighted by molar-refractivity contribution is 6.05. The summed E-state index contributed by atoms with van der Waals surface area (Å²) in [5.74, 6) is -0.849. The minimum atomic E-state index is -0.309. The van der Waals surface area contributed by atoms with Gasteiger partial charge in [-0.05, 0) is 25.7 Å². The summed E-state index contributed by atoms with van der Waals surface area (Å²) in [6, 6.07) is 0. The van der Waals surface area contributed by atoms with E-state index in [9.17, 15) is 19.2 Å². The average Bonchev–Trinajstić information content (AvgIpc) is 1.71. The number of unbranched alkanes of at least 4 members (excludes halogenated alkanes) is 70. The number of amides is 4. The van der Waals surface area contributed by atoms with Gasteiger partial charge in [-0.3, -0.25) is 29.0 Å². The van der Waals surface area contributed by atoms with Gasteiger partial charge in [-0.2, -0.15) is 0 Å². The zero-order chi connectivity index (χ0) is 73.6. The van der Waals surface area contributed by atoms with Crippen molar-refractivity contribution in [2.24, 2.45) is 11.8 Å². The normalized spacial score (nSPS) is 15.1. The van der Waals surface area contributed by atoms with Crippen molar-refractivity contribution in [1.29, 1.82) is 0 Å². The lowest BCUT2D eigenvalue weighted by molar-refractivity contribution is -0.140. The second-order valence-electron chi connectivity index (χ2n) is 33.1. The highest BCUT2D eigenvalue weighted by Crippen LogP contribution is 2.25. The predicted molar refractivity (Wildman–Crippen MR) is 450 cm³/mol. The molecule has 2 heterocycles. The molecule has 2 fully saturated rings. The van der Waals surface area contributed by atoms with Crippen LogP contribution in [0.3, 0.4) is 0 Å². The number of carbonyl (C=O) groups excluding carboxylic acids is 4. The smallest absolute Gasteiger partial charge is 0.236 e. The summed E-state index contributed by atoms with van der Waals surface area (Å²) in [5, 5.41) is 10.1. The van der Waals surface area contributed by atoms with Crippen molar-refractivity contribution in [3.63, 3.8) is 0 Å². The lowest BCUT2D eigenvalue weighted by Gasteiger charge is -2.15. The van der Waals surface area contributed by atoms with E-state index in [1.807, 2.05) is 12.2 Å². The summed E-state index contributed by atoms with van der Waals surface area (Å²) in [7, 11) is 0. The van der Waals surface area contributed by atoms with E-state index in [-0.39, 0.29) is 35.5 Å². The third-order valence-electron chi connectivity index (χ3n) is 23.2. The molecule has 0 aromatic heterocycles. The Balaban J connectivity index is 1.24. The van der Waals surface area contributed by atoms with Crippen LogP contribution in [0.4, 0.5) is 0 Å². The molecule has 2 aliphatic heterocycles. The topological polar surface area (TPSA) is 111 Å². The molecular formula is C94H179N5O4. The van der Waals surface area contributed by atoms with Crippen LogP contribution >= 0.6 is 0 Å². The lowest BCUT2D eigenvalue weighted by atomic mass is 10.0. The Labute approximate surface area is 642 Å². The van der Waals surface area contributed by atoms with E-state index in [4.69, 9.17) is 0 Å². The third kappa shape index (κ3) is 64.2. The second-order valence-corrected chi connectivity index (χ2v) is 33.1. The zero-order valence-electron chi connectivity index (χ0n) is 69.5. The molecule has 0 aliphatic carbocycles. The first-order valence-electron chi connectivity index (χ1n) is 47.1. The molecule has 0 spiro atoms. The van der Waals surface area contributed by atoms with Crippen molar-refractivity contribution < 1.29 is 19.2 Å². The van der Waals surface area contributed by atoms with Gasteiger partial charge in [-0.25, -0.2) is 0 Å². The molecule has 2 aliphatic rings. The number of imide groups is 2. The highest BCUT2D eigenvalue weighted by atomic mass is 16.2. The van der Waals surface area contributed by atoms with Crippen molar-refractivity contribution in [2.75, 3.05) is 52.4 Å². The maximum Gasteiger partial charge on any atom is 0.236 e. The van der Waals surface area contributed by atoms with Crippen molar-refractivity contribution in [3.8, 4) is 0 Å². The fourth-order valence-corrected chi connectivity index (χ4v) is 16.2. The molecular weight excluding hydrogens is 1260 g/mol. The van der Waals surface area contributed by atoms with E-state index in [1.165, 1.54) is 446 Å². The molecule has 604 valence electrons. The molecule has 0 aromatic rings. The lowest BCUT2D eigenvalue weighted by Crippen LogP contribution is -2.40. The van der Waals surface area contributed by atoms with Crippen LogP contribution in [0.2, 0.25) is 0 Å². The minimum absolute atomic E-state index is 0.0548. The van der Waals surface area contributed by atoms with E-state index >= 15 is 0 Å². The Kier molecular flexibility index (Phi) is 74.4. The van der Waals surface area contributed by atoms with E-state index < -0.39 is 0 Å². The van der Waals surface area contributed by atoms with Crippen LogP contribution in [0.15, 0.2) is 24.3 Å². The largest absolute Gasteiger partial charge is 0.314 e. The molecule has 2 atom stereocenters.